The number of aromatic nitrogens is 4. The van der Waals surface area contributed by atoms with Crippen LogP contribution in [0.25, 0.3) is 16.6 Å². The van der Waals surface area contributed by atoms with Crippen LogP contribution in [0.5, 0.6) is 5.75 Å². The molecule has 2 amide bonds. The number of benzene rings is 3. The second kappa shape index (κ2) is 9.84. The number of halogens is 2. The van der Waals surface area contributed by atoms with Gasteiger partial charge in [-0.2, -0.15) is 5.10 Å². The lowest BCUT2D eigenvalue weighted by Gasteiger charge is -2.26. The Morgan fingerprint density at radius 1 is 1.00 bits per heavy atom. The zero-order valence-corrected chi connectivity index (χ0v) is 22.6. The van der Waals surface area contributed by atoms with Crippen LogP contribution < -0.4 is 4.74 Å². The predicted molar refractivity (Wildman–Crippen MR) is 147 cm³/mol. The average molecular weight is 556 g/mol. The summed E-state index contributed by atoms with van der Waals surface area (Å²) in [7, 11) is 0. The first kappa shape index (κ1) is 25.6. The van der Waals surface area contributed by atoms with Gasteiger partial charge in [-0.15, -0.1) is 0 Å². The van der Waals surface area contributed by atoms with Gasteiger partial charge in [-0.25, -0.2) is 19.0 Å². The number of amides is 2. The summed E-state index contributed by atoms with van der Waals surface area (Å²) in [6, 6.07) is 15.8. The van der Waals surface area contributed by atoms with Crippen molar-refractivity contribution in [2.45, 2.75) is 33.4 Å². The largest absolute Gasteiger partial charge is 0.487 e. The maximum Gasteiger partial charge on any atom is 0.262 e. The van der Waals surface area contributed by atoms with E-state index in [9.17, 15) is 14.0 Å². The third-order valence-electron chi connectivity index (χ3n) is 7.08. The molecule has 2 aromatic heterocycles. The van der Waals surface area contributed by atoms with Crippen LogP contribution in [0.1, 0.15) is 56.3 Å². The van der Waals surface area contributed by atoms with Crippen molar-refractivity contribution in [1.82, 2.24) is 24.6 Å². The van der Waals surface area contributed by atoms with E-state index in [2.05, 4.69) is 10.1 Å². The topological polar surface area (TPSA) is 90.2 Å². The number of hydrogen-bond acceptors (Lipinski definition) is 6. The summed E-state index contributed by atoms with van der Waals surface area (Å²) in [5.74, 6) is -0.249. The monoisotopic (exact) mass is 555 g/mol. The van der Waals surface area contributed by atoms with Crippen LogP contribution >= 0.6 is 11.6 Å². The van der Waals surface area contributed by atoms with E-state index in [1.807, 2.05) is 32.0 Å². The first-order valence-corrected chi connectivity index (χ1v) is 13.0. The van der Waals surface area contributed by atoms with Crippen molar-refractivity contribution < 1.29 is 18.7 Å². The molecule has 10 heteroatoms. The summed E-state index contributed by atoms with van der Waals surface area (Å²) >= 11 is 6.52. The number of nitrogens with zero attached hydrogens (tertiary/aromatic N) is 5. The highest BCUT2D eigenvalue weighted by atomic mass is 35.5. The first-order valence-electron chi connectivity index (χ1n) is 12.6. The Bertz CT molecular complexity index is 1800. The summed E-state index contributed by atoms with van der Waals surface area (Å²) in [6.45, 7) is 5.37. The maximum atomic E-state index is 14.6. The molecule has 0 unspecified atom stereocenters. The summed E-state index contributed by atoms with van der Waals surface area (Å²) < 4.78 is 22.6. The highest BCUT2D eigenvalue weighted by Crippen LogP contribution is 2.36. The average Bonchev–Trinajstić information content (AvgIpc) is 3.47. The van der Waals surface area contributed by atoms with Crippen LogP contribution in [-0.4, -0.2) is 36.5 Å². The van der Waals surface area contributed by atoms with Gasteiger partial charge in [-0.05, 0) is 62.7 Å². The van der Waals surface area contributed by atoms with E-state index < -0.39 is 23.7 Å². The molecule has 3 aromatic carbocycles. The minimum atomic E-state index is -0.797. The third-order valence-corrected chi connectivity index (χ3v) is 7.42. The van der Waals surface area contributed by atoms with Crippen molar-refractivity contribution in [3.8, 4) is 11.4 Å². The van der Waals surface area contributed by atoms with Gasteiger partial charge >= 0.3 is 0 Å². The minimum Gasteiger partial charge on any atom is -0.487 e. The molecule has 8 nitrogen and oxygen atoms in total. The Labute approximate surface area is 234 Å². The van der Waals surface area contributed by atoms with Gasteiger partial charge in [0.25, 0.3) is 11.8 Å². The van der Waals surface area contributed by atoms with Gasteiger partial charge < -0.3 is 4.74 Å². The molecule has 1 atom stereocenters. The van der Waals surface area contributed by atoms with E-state index in [4.69, 9.17) is 21.3 Å². The van der Waals surface area contributed by atoms with Crippen LogP contribution in [0.2, 0.25) is 5.02 Å². The fourth-order valence-electron chi connectivity index (χ4n) is 5.15. The normalized spacial score (nSPS) is 13.7. The smallest absolute Gasteiger partial charge is 0.262 e. The lowest BCUT2D eigenvalue weighted by Crippen LogP contribution is -2.33. The molecule has 0 saturated heterocycles. The Hall–Kier alpha value is -4.63. The van der Waals surface area contributed by atoms with E-state index in [1.165, 1.54) is 18.5 Å². The standard InChI is InChI=1S/C30H23ClFN5O3/c1-16-11-26(37-18(3)33-15-34-37)22-9-6-10-27(28(22)35-16)40-14-24-23(12-19(32)13-25(24)31)17(2)36-29(38)20-7-4-5-8-21(20)30(36)39/h4-13,15,17H,14H2,1-3H3/t17-/m0/s1. The van der Waals surface area contributed by atoms with Gasteiger partial charge in [-0.1, -0.05) is 35.9 Å². The SMILES string of the molecule is Cc1cc(-n2ncnc2C)c2cccc(OCc3c(Cl)cc(F)cc3[C@H](C)N3C(=O)c4ccccc4C3=O)c2n1. The number of carbonyl (C=O) groups excluding carboxylic acids is 2. The fourth-order valence-corrected chi connectivity index (χ4v) is 5.42. The molecule has 1 aliphatic heterocycles. The van der Waals surface area contributed by atoms with Gasteiger partial charge in [0, 0.05) is 16.6 Å². The van der Waals surface area contributed by atoms with Crippen molar-refractivity contribution in [2.24, 2.45) is 0 Å². The number of fused-ring (bicyclic) bond motifs is 2. The van der Waals surface area contributed by atoms with E-state index in [0.29, 0.717) is 33.5 Å². The summed E-state index contributed by atoms with van der Waals surface area (Å²) in [4.78, 5) is 36.4. The molecular weight excluding hydrogens is 533 g/mol. The van der Waals surface area contributed by atoms with Crippen molar-refractivity contribution >= 4 is 34.3 Å². The molecule has 0 radical (unpaired) electrons. The maximum absolute atomic E-state index is 14.6. The Kier molecular flexibility index (Phi) is 6.31. The molecule has 5 aromatic rings. The number of imide groups is 1. The molecule has 40 heavy (non-hydrogen) atoms. The molecule has 0 spiro atoms. The van der Waals surface area contributed by atoms with Crippen LogP contribution in [0, 0.1) is 19.7 Å². The Morgan fingerprint density at radius 2 is 1.73 bits per heavy atom. The fraction of sp³-hybridized carbons (Fsp3) is 0.167. The van der Waals surface area contributed by atoms with E-state index in [1.54, 1.807) is 41.9 Å². The quantitative estimate of drug-likeness (QED) is 0.233. The molecule has 1 aliphatic rings. The first-order chi connectivity index (χ1) is 19.2. The molecule has 6 rings (SSSR count). The Morgan fingerprint density at radius 3 is 2.40 bits per heavy atom. The van der Waals surface area contributed by atoms with Gasteiger partial charge in [0.15, 0.2) is 0 Å². The number of carbonyl (C=O) groups is 2. The van der Waals surface area contributed by atoms with Gasteiger partial charge in [0.2, 0.25) is 0 Å². The van der Waals surface area contributed by atoms with Crippen LogP contribution in [-0.2, 0) is 6.61 Å². The van der Waals surface area contributed by atoms with Crippen LogP contribution in [0.3, 0.4) is 0 Å². The lowest BCUT2D eigenvalue weighted by molar-refractivity contribution is 0.0593. The van der Waals surface area contributed by atoms with E-state index in [-0.39, 0.29) is 11.6 Å². The second-order valence-corrected chi connectivity index (χ2v) is 10.0. The molecule has 0 fully saturated rings. The molecule has 0 N–H and O–H groups in total. The van der Waals surface area contributed by atoms with Gasteiger partial charge in [0.1, 0.15) is 35.8 Å². The zero-order valence-electron chi connectivity index (χ0n) is 21.9. The second-order valence-electron chi connectivity index (χ2n) is 9.60. The van der Waals surface area contributed by atoms with Crippen LogP contribution in [0.15, 0.2) is 67.0 Å². The lowest BCUT2D eigenvalue weighted by atomic mass is 10.00. The van der Waals surface area contributed by atoms with Crippen molar-refractivity contribution in [3.63, 3.8) is 0 Å². The van der Waals surface area contributed by atoms with Crippen molar-refractivity contribution in [1.29, 1.82) is 0 Å². The van der Waals surface area contributed by atoms with Crippen molar-refractivity contribution in [2.75, 3.05) is 0 Å². The molecule has 0 aliphatic carbocycles. The van der Waals surface area contributed by atoms with E-state index >= 15 is 0 Å². The number of aryl methyl sites for hydroxylation is 2. The molecule has 0 bridgehead atoms. The third kappa shape index (κ3) is 4.19. The summed E-state index contributed by atoms with van der Waals surface area (Å²) in [5.41, 5.74) is 3.65. The Balaban J connectivity index is 1.37. The van der Waals surface area contributed by atoms with Gasteiger partial charge in [0.05, 0.1) is 27.9 Å². The highest BCUT2D eigenvalue weighted by Gasteiger charge is 2.39. The molecule has 200 valence electrons. The number of hydrogen-bond donors (Lipinski definition) is 0. The zero-order chi connectivity index (χ0) is 28.1. The van der Waals surface area contributed by atoms with Gasteiger partial charge in [-0.3, -0.25) is 14.5 Å². The molecule has 3 heterocycles. The minimum absolute atomic E-state index is 0.0472. The summed E-state index contributed by atoms with van der Waals surface area (Å²) in [5, 5.41) is 5.27. The predicted octanol–water partition coefficient (Wildman–Crippen LogP) is 6.16. The molecular formula is C30H23ClFN5O3. The molecule has 0 saturated carbocycles. The number of para-hydroxylation sites is 1. The number of ether oxygens (including phenoxy) is 1. The van der Waals surface area contributed by atoms with Crippen molar-refractivity contribution in [3.05, 3.63) is 112 Å². The van der Waals surface area contributed by atoms with E-state index in [0.717, 1.165) is 27.5 Å². The number of rotatable bonds is 6. The summed E-state index contributed by atoms with van der Waals surface area (Å²) in [6.07, 6.45) is 1.49. The van der Waals surface area contributed by atoms with Crippen LogP contribution in [0.4, 0.5) is 4.39 Å². The highest BCUT2D eigenvalue weighted by molar-refractivity contribution is 6.31. The number of pyridine rings is 1.